The van der Waals surface area contributed by atoms with E-state index >= 15 is 0 Å². The normalized spacial score (nSPS) is 17.1. The second-order valence-electron chi connectivity index (χ2n) is 7.58. The molecule has 0 spiro atoms. The van der Waals surface area contributed by atoms with Crippen LogP contribution in [0.1, 0.15) is 35.1 Å². The van der Waals surface area contributed by atoms with Gasteiger partial charge in [-0.3, -0.25) is 4.79 Å². The van der Waals surface area contributed by atoms with Crippen LogP contribution in [-0.4, -0.2) is 30.1 Å². The number of carbonyl (C=O) groups is 1. The third-order valence-electron chi connectivity index (χ3n) is 5.64. The summed E-state index contributed by atoms with van der Waals surface area (Å²) in [6.07, 6.45) is 4.04. The van der Waals surface area contributed by atoms with Crippen LogP contribution in [0.25, 0.3) is 0 Å². The van der Waals surface area contributed by atoms with Crippen LogP contribution in [0.5, 0.6) is 11.5 Å². The van der Waals surface area contributed by atoms with Gasteiger partial charge in [0.15, 0.2) is 0 Å². The van der Waals surface area contributed by atoms with Gasteiger partial charge in [0.05, 0.1) is 26.2 Å². The Balaban J connectivity index is 1.44. The highest BCUT2D eigenvalue weighted by Crippen LogP contribution is 2.42. The Morgan fingerprint density at radius 2 is 2.00 bits per heavy atom. The number of carbonyl (C=O) groups excluding carboxylic acids is 1. The minimum Gasteiger partial charge on any atom is -0.493 e. The van der Waals surface area contributed by atoms with Crippen LogP contribution >= 0.6 is 0 Å². The van der Waals surface area contributed by atoms with E-state index in [0.29, 0.717) is 25.3 Å². The number of fused-ring (bicyclic) bond motifs is 2. The fourth-order valence-electron chi connectivity index (χ4n) is 4.15. The van der Waals surface area contributed by atoms with Crippen LogP contribution in [0.15, 0.2) is 30.3 Å². The second kappa shape index (κ2) is 6.55. The Bertz CT molecular complexity index is 874. The zero-order chi connectivity index (χ0) is 18.4. The van der Waals surface area contributed by atoms with Crippen LogP contribution < -0.4 is 9.47 Å². The smallest absolute Gasteiger partial charge is 0.227 e. The van der Waals surface area contributed by atoms with Gasteiger partial charge >= 0.3 is 0 Å². The molecule has 0 bridgehead atoms. The average molecular weight is 367 g/mol. The largest absolute Gasteiger partial charge is 0.493 e. The van der Waals surface area contributed by atoms with Crippen molar-refractivity contribution < 1.29 is 18.7 Å². The fourth-order valence-corrected chi connectivity index (χ4v) is 4.15. The molecule has 0 unspecified atom stereocenters. The zero-order valence-corrected chi connectivity index (χ0v) is 15.2. The van der Waals surface area contributed by atoms with Crippen LogP contribution in [-0.2, 0) is 30.6 Å². The predicted molar refractivity (Wildman–Crippen MR) is 98.5 cm³/mol. The number of nitrogens with zero attached hydrogens (tertiary/aromatic N) is 1. The van der Waals surface area contributed by atoms with Gasteiger partial charge in [-0.15, -0.1) is 0 Å². The molecule has 140 valence electrons. The van der Waals surface area contributed by atoms with E-state index in [-0.39, 0.29) is 24.2 Å². The van der Waals surface area contributed by atoms with E-state index in [1.807, 2.05) is 4.90 Å². The van der Waals surface area contributed by atoms with Crippen molar-refractivity contribution in [1.82, 2.24) is 4.90 Å². The molecule has 0 N–H and O–H groups in total. The van der Waals surface area contributed by atoms with Crippen LogP contribution in [0.2, 0.25) is 0 Å². The maximum atomic E-state index is 13.5. The van der Waals surface area contributed by atoms with E-state index in [4.69, 9.17) is 9.47 Å². The van der Waals surface area contributed by atoms with Crippen molar-refractivity contribution in [2.75, 3.05) is 13.2 Å². The summed E-state index contributed by atoms with van der Waals surface area (Å²) in [5.41, 5.74) is 4.18. The van der Waals surface area contributed by atoms with Gasteiger partial charge in [-0.1, -0.05) is 12.1 Å². The summed E-state index contributed by atoms with van der Waals surface area (Å²) >= 11 is 0. The van der Waals surface area contributed by atoms with Crippen molar-refractivity contribution >= 4 is 5.91 Å². The molecule has 4 nitrogen and oxygen atoms in total. The average Bonchev–Trinajstić information content (AvgIpc) is 3.18. The molecular formula is C22H22FNO3. The van der Waals surface area contributed by atoms with Gasteiger partial charge in [-0.25, -0.2) is 4.39 Å². The molecule has 2 aliphatic heterocycles. The van der Waals surface area contributed by atoms with Gasteiger partial charge in [0.1, 0.15) is 17.3 Å². The third-order valence-corrected chi connectivity index (χ3v) is 5.64. The summed E-state index contributed by atoms with van der Waals surface area (Å²) in [6.45, 7) is 1.92. The number of halogens is 1. The SMILES string of the molecule is O=C(Cc1cccc(F)c1)N(Cc1c2c(cc3c1OCC3)OCC2)C1CC1. The zero-order valence-electron chi connectivity index (χ0n) is 15.2. The minimum absolute atomic E-state index is 0.0476. The van der Waals surface area contributed by atoms with Gasteiger partial charge in [0.2, 0.25) is 5.91 Å². The van der Waals surface area contributed by atoms with E-state index < -0.39 is 0 Å². The van der Waals surface area contributed by atoms with Crippen molar-refractivity contribution in [1.29, 1.82) is 0 Å². The number of rotatable bonds is 5. The summed E-state index contributed by atoms with van der Waals surface area (Å²) in [7, 11) is 0. The first-order valence-corrected chi connectivity index (χ1v) is 9.66. The Morgan fingerprint density at radius 3 is 2.81 bits per heavy atom. The van der Waals surface area contributed by atoms with E-state index in [9.17, 15) is 9.18 Å². The molecule has 0 radical (unpaired) electrons. The highest BCUT2D eigenvalue weighted by Gasteiger charge is 2.35. The molecule has 2 heterocycles. The monoisotopic (exact) mass is 367 g/mol. The molecule has 1 saturated carbocycles. The van der Waals surface area contributed by atoms with E-state index in [1.54, 1.807) is 12.1 Å². The van der Waals surface area contributed by atoms with Gasteiger partial charge in [0.25, 0.3) is 0 Å². The standard InChI is InChI=1S/C22H22FNO3/c23-16-3-1-2-14(10-16)11-21(25)24(17-4-5-17)13-19-18-7-9-26-20(18)12-15-6-8-27-22(15)19/h1-3,10,12,17H,4-9,11,13H2. The number of ether oxygens (including phenoxy) is 2. The van der Waals surface area contributed by atoms with Crippen LogP contribution in [0, 0.1) is 5.82 Å². The molecule has 0 saturated heterocycles. The lowest BCUT2D eigenvalue weighted by molar-refractivity contribution is -0.131. The summed E-state index contributed by atoms with van der Waals surface area (Å²) in [6, 6.07) is 8.69. The van der Waals surface area contributed by atoms with Gasteiger partial charge in [0, 0.05) is 35.6 Å². The van der Waals surface area contributed by atoms with E-state index in [2.05, 4.69) is 6.07 Å². The Hall–Kier alpha value is -2.56. The molecule has 0 atom stereocenters. The minimum atomic E-state index is -0.303. The van der Waals surface area contributed by atoms with Crippen molar-refractivity contribution in [3.8, 4) is 11.5 Å². The first-order valence-electron chi connectivity index (χ1n) is 9.66. The third kappa shape index (κ3) is 3.15. The molecular weight excluding hydrogens is 345 g/mol. The second-order valence-corrected chi connectivity index (χ2v) is 7.58. The molecule has 1 aliphatic carbocycles. The lowest BCUT2D eigenvalue weighted by Gasteiger charge is -2.25. The highest BCUT2D eigenvalue weighted by atomic mass is 19.1. The van der Waals surface area contributed by atoms with Crippen LogP contribution in [0.4, 0.5) is 4.39 Å². The highest BCUT2D eigenvalue weighted by molar-refractivity contribution is 5.79. The molecule has 1 amide bonds. The van der Waals surface area contributed by atoms with Crippen molar-refractivity contribution in [2.45, 2.75) is 44.7 Å². The van der Waals surface area contributed by atoms with Gasteiger partial charge < -0.3 is 14.4 Å². The molecule has 2 aromatic rings. The molecule has 27 heavy (non-hydrogen) atoms. The van der Waals surface area contributed by atoms with Crippen LogP contribution in [0.3, 0.4) is 0 Å². The maximum absolute atomic E-state index is 13.5. The summed E-state index contributed by atoms with van der Waals surface area (Å²) in [5, 5.41) is 0. The van der Waals surface area contributed by atoms with Crippen molar-refractivity contribution in [2.24, 2.45) is 0 Å². The van der Waals surface area contributed by atoms with E-state index in [0.717, 1.165) is 42.7 Å². The number of benzene rings is 2. The van der Waals surface area contributed by atoms with E-state index in [1.165, 1.54) is 23.3 Å². The molecule has 0 aromatic heterocycles. The lowest BCUT2D eigenvalue weighted by atomic mass is 9.98. The molecule has 5 heteroatoms. The quantitative estimate of drug-likeness (QED) is 0.813. The van der Waals surface area contributed by atoms with Gasteiger partial charge in [-0.05, 0) is 36.6 Å². The Kier molecular flexibility index (Phi) is 4.03. The molecule has 1 fully saturated rings. The molecule has 2 aromatic carbocycles. The number of amides is 1. The predicted octanol–water partition coefficient (Wildman–Crippen LogP) is 3.43. The molecule has 3 aliphatic rings. The Morgan fingerprint density at radius 1 is 1.15 bits per heavy atom. The Labute approximate surface area is 157 Å². The topological polar surface area (TPSA) is 38.8 Å². The summed E-state index contributed by atoms with van der Waals surface area (Å²) < 4.78 is 25.2. The van der Waals surface area contributed by atoms with Crippen molar-refractivity contribution in [3.05, 3.63) is 58.4 Å². The first kappa shape index (κ1) is 16.6. The fraction of sp³-hybridized carbons (Fsp3) is 0.409. The first-order chi connectivity index (χ1) is 13.2. The molecule has 5 rings (SSSR count). The number of hydrogen-bond acceptors (Lipinski definition) is 3. The maximum Gasteiger partial charge on any atom is 0.227 e. The summed E-state index contributed by atoms with van der Waals surface area (Å²) in [5.74, 6) is 1.64. The van der Waals surface area contributed by atoms with Crippen molar-refractivity contribution in [3.63, 3.8) is 0 Å². The summed E-state index contributed by atoms with van der Waals surface area (Å²) in [4.78, 5) is 15.0. The lowest BCUT2D eigenvalue weighted by Crippen LogP contribution is -2.34. The number of hydrogen-bond donors (Lipinski definition) is 0. The van der Waals surface area contributed by atoms with Gasteiger partial charge in [-0.2, -0.15) is 0 Å².